The lowest BCUT2D eigenvalue weighted by molar-refractivity contribution is 0.0486. The zero-order chi connectivity index (χ0) is 15.5. The van der Waals surface area contributed by atoms with Gasteiger partial charge in [-0.05, 0) is 45.7 Å². The first-order valence-electron chi connectivity index (χ1n) is 7.02. The Kier molecular flexibility index (Phi) is 5.11. The zero-order valence-electron chi connectivity index (χ0n) is 12.5. The maximum absolute atomic E-state index is 11.7. The van der Waals surface area contributed by atoms with Crippen LogP contribution in [0.25, 0.3) is 0 Å². The number of carbonyl (C=O) groups excluding carboxylic acids is 1. The van der Waals surface area contributed by atoms with E-state index in [4.69, 9.17) is 9.47 Å². The number of rotatable bonds is 2. The lowest BCUT2D eigenvalue weighted by Gasteiger charge is -2.23. The molecule has 2 N–H and O–H groups in total. The summed E-state index contributed by atoms with van der Waals surface area (Å²) in [5, 5.41) is 0. The number of fused-ring (bicyclic) bond motifs is 1. The van der Waals surface area contributed by atoms with E-state index in [9.17, 15) is 4.79 Å². The van der Waals surface area contributed by atoms with Crippen LogP contribution in [0, 0.1) is 0 Å². The molecule has 6 heteroatoms. The standard InChI is InChI=1S/C15H21BrN2O3/c1-15(2,3)21-14(19)18-17-12-5-4-8-20-13-9-10(16)6-7-11(12)13/h6-7,9,12,17H,4-5,8H2,1-3H3,(H,18,19). The van der Waals surface area contributed by atoms with Gasteiger partial charge in [0.25, 0.3) is 0 Å². The van der Waals surface area contributed by atoms with Gasteiger partial charge in [0.15, 0.2) is 0 Å². The maximum Gasteiger partial charge on any atom is 0.422 e. The molecule has 1 aromatic carbocycles. The number of carbonyl (C=O) groups is 1. The van der Waals surface area contributed by atoms with E-state index in [2.05, 4.69) is 26.8 Å². The van der Waals surface area contributed by atoms with Gasteiger partial charge in [-0.3, -0.25) is 5.43 Å². The Morgan fingerprint density at radius 2 is 2.19 bits per heavy atom. The van der Waals surface area contributed by atoms with Crippen molar-refractivity contribution >= 4 is 22.0 Å². The topological polar surface area (TPSA) is 59.6 Å². The Bertz CT molecular complexity index is 514. The van der Waals surface area contributed by atoms with Gasteiger partial charge in [-0.2, -0.15) is 0 Å². The Morgan fingerprint density at radius 3 is 2.90 bits per heavy atom. The van der Waals surface area contributed by atoms with Crippen LogP contribution in [0.4, 0.5) is 4.79 Å². The highest BCUT2D eigenvalue weighted by atomic mass is 79.9. The molecular weight excluding hydrogens is 336 g/mol. The molecule has 0 aliphatic carbocycles. The Balaban J connectivity index is 2.02. The molecule has 1 amide bonds. The summed E-state index contributed by atoms with van der Waals surface area (Å²) in [6.45, 7) is 6.17. The molecule has 1 atom stereocenters. The van der Waals surface area contributed by atoms with Gasteiger partial charge in [0, 0.05) is 10.0 Å². The van der Waals surface area contributed by atoms with Gasteiger partial charge in [-0.25, -0.2) is 10.2 Å². The highest BCUT2D eigenvalue weighted by Gasteiger charge is 2.22. The van der Waals surface area contributed by atoms with Crippen molar-refractivity contribution in [2.24, 2.45) is 0 Å². The highest BCUT2D eigenvalue weighted by molar-refractivity contribution is 9.10. The second kappa shape index (κ2) is 6.66. The molecule has 1 aliphatic rings. The molecule has 1 aromatic rings. The van der Waals surface area contributed by atoms with E-state index < -0.39 is 11.7 Å². The summed E-state index contributed by atoms with van der Waals surface area (Å²) in [7, 11) is 0. The van der Waals surface area contributed by atoms with Crippen LogP contribution < -0.4 is 15.6 Å². The molecule has 5 nitrogen and oxygen atoms in total. The summed E-state index contributed by atoms with van der Waals surface area (Å²) >= 11 is 3.44. The van der Waals surface area contributed by atoms with Crippen LogP contribution in [0.2, 0.25) is 0 Å². The average Bonchev–Trinajstić information content (AvgIpc) is 2.56. The lowest BCUT2D eigenvalue weighted by Crippen LogP contribution is -2.42. The Hall–Kier alpha value is -1.27. The van der Waals surface area contributed by atoms with Crippen molar-refractivity contribution < 1.29 is 14.3 Å². The second-order valence-electron chi connectivity index (χ2n) is 6.00. The van der Waals surface area contributed by atoms with Crippen LogP contribution >= 0.6 is 15.9 Å². The van der Waals surface area contributed by atoms with E-state index in [-0.39, 0.29) is 6.04 Å². The van der Waals surface area contributed by atoms with Crippen molar-refractivity contribution in [2.75, 3.05) is 6.61 Å². The third kappa shape index (κ3) is 4.89. The number of hydrazine groups is 1. The second-order valence-corrected chi connectivity index (χ2v) is 6.91. The largest absolute Gasteiger partial charge is 0.493 e. The Morgan fingerprint density at radius 1 is 1.43 bits per heavy atom. The van der Waals surface area contributed by atoms with E-state index in [0.717, 1.165) is 28.6 Å². The van der Waals surface area contributed by atoms with Crippen LogP contribution in [0.1, 0.15) is 45.2 Å². The first-order valence-corrected chi connectivity index (χ1v) is 7.81. The summed E-state index contributed by atoms with van der Waals surface area (Å²) in [4.78, 5) is 11.7. The van der Waals surface area contributed by atoms with Crippen molar-refractivity contribution in [1.29, 1.82) is 0 Å². The number of hydrogen-bond donors (Lipinski definition) is 2. The van der Waals surface area contributed by atoms with Crippen LogP contribution in [-0.2, 0) is 4.74 Å². The number of benzene rings is 1. The van der Waals surface area contributed by atoms with Crippen LogP contribution in [0.15, 0.2) is 22.7 Å². The molecule has 1 aliphatic heterocycles. The third-order valence-corrected chi connectivity index (χ3v) is 3.49. The minimum atomic E-state index is -0.513. The SMILES string of the molecule is CC(C)(C)OC(=O)NNC1CCCOc2cc(Br)ccc21. The number of hydrogen-bond acceptors (Lipinski definition) is 4. The van der Waals surface area contributed by atoms with Gasteiger partial charge < -0.3 is 9.47 Å². The van der Waals surface area contributed by atoms with E-state index in [1.165, 1.54) is 0 Å². The number of ether oxygens (including phenoxy) is 2. The molecule has 0 saturated heterocycles. The maximum atomic E-state index is 11.7. The van der Waals surface area contributed by atoms with Gasteiger partial charge in [-0.15, -0.1) is 0 Å². The zero-order valence-corrected chi connectivity index (χ0v) is 14.1. The molecule has 1 unspecified atom stereocenters. The van der Waals surface area contributed by atoms with Crippen molar-refractivity contribution in [3.05, 3.63) is 28.2 Å². The average molecular weight is 357 g/mol. The van der Waals surface area contributed by atoms with Crippen molar-refractivity contribution in [3.63, 3.8) is 0 Å². The minimum absolute atomic E-state index is 0.00289. The van der Waals surface area contributed by atoms with E-state index >= 15 is 0 Å². The number of halogens is 1. The first kappa shape index (κ1) is 16.1. The van der Waals surface area contributed by atoms with Gasteiger partial charge in [0.1, 0.15) is 11.4 Å². The van der Waals surface area contributed by atoms with Crippen LogP contribution in [-0.4, -0.2) is 18.3 Å². The summed E-state index contributed by atoms with van der Waals surface area (Å²) in [5.74, 6) is 0.838. The third-order valence-electron chi connectivity index (χ3n) is 2.99. The first-order chi connectivity index (χ1) is 9.85. The quantitative estimate of drug-likeness (QED) is 0.793. The fourth-order valence-electron chi connectivity index (χ4n) is 2.15. The molecule has 0 bridgehead atoms. The Labute approximate surface area is 133 Å². The summed E-state index contributed by atoms with van der Waals surface area (Å²) in [5.41, 5.74) is 6.17. The number of amides is 1. The summed E-state index contributed by atoms with van der Waals surface area (Å²) < 4.78 is 11.9. The molecule has 0 saturated carbocycles. The molecule has 0 spiro atoms. The van der Waals surface area contributed by atoms with E-state index in [1.54, 1.807) is 0 Å². The molecule has 1 heterocycles. The molecule has 0 radical (unpaired) electrons. The van der Waals surface area contributed by atoms with Crippen molar-refractivity contribution in [3.8, 4) is 5.75 Å². The van der Waals surface area contributed by atoms with E-state index in [1.807, 2.05) is 39.0 Å². The lowest BCUT2D eigenvalue weighted by atomic mass is 10.0. The minimum Gasteiger partial charge on any atom is -0.493 e. The fraction of sp³-hybridized carbons (Fsp3) is 0.533. The predicted octanol–water partition coefficient (Wildman–Crippen LogP) is 3.69. The number of nitrogens with one attached hydrogen (secondary N) is 2. The van der Waals surface area contributed by atoms with Gasteiger partial charge in [0.05, 0.1) is 12.6 Å². The fourth-order valence-corrected chi connectivity index (χ4v) is 2.49. The molecule has 116 valence electrons. The molecular formula is C15H21BrN2O3. The smallest absolute Gasteiger partial charge is 0.422 e. The molecule has 0 fully saturated rings. The van der Waals surface area contributed by atoms with Crippen molar-refractivity contribution in [2.45, 2.75) is 45.3 Å². The summed E-state index contributed by atoms with van der Waals surface area (Å²) in [6, 6.07) is 5.92. The van der Waals surface area contributed by atoms with Crippen LogP contribution in [0.5, 0.6) is 5.75 Å². The predicted molar refractivity (Wildman–Crippen MR) is 84.1 cm³/mol. The van der Waals surface area contributed by atoms with Gasteiger partial charge in [-0.1, -0.05) is 22.0 Å². The van der Waals surface area contributed by atoms with Crippen LogP contribution in [0.3, 0.4) is 0 Å². The van der Waals surface area contributed by atoms with Gasteiger partial charge >= 0.3 is 6.09 Å². The molecule has 0 aromatic heterocycles. The monoisotopic (exact) mass is 356 g/mol. The summed E-state index contributed by atoms with van der Waals surface area (Å²) in [6.07, 6.45) is 1.32. The molecule has 2 rings (SSSR count). The van der Waals surface area contributed by atoms with Crippen molar-refractivity contribution in [1.82, 2.24) is 10.9 Å². The van der Waals surface area contributed by atoms with E-state index in [0.29, 0.717) is 6.61 Å². The normalized spacial score (nSPS) is 18.2. The highest BCUT2D eigenvalue weighted by Crippen LogP contribution is 2.33. The van der Waals surface area contributed by atoms with Gasteiger partial charge in [0.2, 0.25) is 0 Å². The molecule has 21 heavy (non-hydrogen) atoms.